The van der Waals surface area contributed by atoms with Crippen LogP contribution in [0.2, 0.25) is 0 Å². The Kier molecular flexibility index (Phi) is 5.32. The van der Waals surface area contributed by atoms with Crippen LogP contribution < -0.4 is 5.32 Å². The van der Waals surface area contributed by atoms with E-state index >= 15 is 0 Å². The number of aromatic nitrogens is 1. The normalized spacial score (nSPS) is 11.4. The fourth-order valence-corrected chi connectivity index (χ4v) is 2.08. The molecule has 2 aromatic heterocycles. The fourth-order valence-electron chi connectivity index (χ4n) is 2.08. The van der Waals surface area contributed by atoms with E-state index in [1.165, 1.54) is 11.1 Å². The molecule has 2 rings (SSSR count). The molecule has 0 spiro atoms. The number of pyridine rings is 1. The first kappa shape index (κ1) is 14.8. The van der Waals surface area contributed by atoms with Crippen LogP contribution >= 0.6 is 0 Å². The van der Waals surface area contributed by atoms with Crippen molar-refractivity contribution >= 4 is 0 Å². The molecule has 0 aliphatic carbocycles. The number of hydrogen-bond acceptors (Lipinski definition) is 4. The Labute approximate surface area is 120 Å². The molecule has 0 amide bonds. The van der Waals surface area contributed by atoms with E-state index in [0.29, 0.717) is 6.04 Å². The van der Waals surface area contributed by atoms with Crippen LogP contribution in [-0.2, 0) is 19.6 Å². The molecule has 0 unspecified atom stereocenters. The van der Waals surface area contributed by atoms with Crippen LogP contribution in [0.1, 0.15) is 30.7 Å². The quantitative estimate of drug-likeness (QED) is 0.842. The third-order valence-corrected chi connectivity index (χ3v) is 3.15. The molecule has 0 saturated carbocycles. The van der Waals surface area contributed by atoms with Gasteiger partial charge >= 0.3 is 0 Å². The molecule has 2 heterocycles. The minimum Gasteiger partial charge on any atom is -0.468 e. The highest BCUT2D eigenvalue weighted by molar-refractivity contribution is 5.17. The maximum Gasteiger partial charge on any atom is 0.122 e. The van der Waals surface area contributed by atoms with Crippen molar-refractivity contribution in [3.63, 3.8) is 0 Å². The summed E-state index contributed by atoms with van der Waals surface area (Å²) in [6, 6.07) is 6.61. The van der Waals surface area contributed by atoms with E-state index < -0.39 is 0 Å². The molecule has 0 radical (unpaired) electrons. The first-order valence-electron chi connectivity index (χ1n) is 7.01. The lowest BCUT2D eigenvalue weighted by Crippen LogP contribution is -2.23. The molecule has 108 valence electrons. The van der Waals surface area contributed by atoms with Crippen molar-refractivity contribution in [3.8, 4) is 0 Å². The van der Waals surface area contributed by atoms with Crippen molar-refractivity contribution in [1.82, 2.24) is 15.2 Å². The molecule has 0 saturated heterocycles. The zero-order valence-corrected chi connectivity index (χ0v) is 12.5. The van der Waals surface area contributed by atoms with E-state index in [9.17, 15) is 0 Å². The fraction of sp³-hybridized carbons (Fsp3) is 0.438. The Morgan fingerprint density at radius 1 is 1.20 bits per heavy atom. The van der Waals surface area contributed by atoms with Crippen LogP contribution in [0.4, 0.5) is 0 Å². The molecule has 20 heavy (non-hydrogen) atoms. The van der Waals surface area contributed by atoms with Crippen LogP contribution in [0.25, 0.3) is 0 Å². The van der Waals surface area contributed by atoms with Gasteiger partial charge in [0.2, 0.25) is 0 Å². The van der Waals surface area contributed by atoms with Gasteiger partial charge in [0.1, 0.15) is 5.76 Å². The summed E-state index contributed by atoms with van der Waals surface area (Å²) in [6.45, 7) is 6.85. The monoisotopic (exact) mass is 273 g/mol. The highest BCUT2D eigenvalue weighted by Gasteiger charge is 2.10. The summed E-state index contributed by atoms with van der Waals surface area (Å²) in [7, 11) is 2.10. The van der Waals surface area contributed by atoms with Crippen molar-refractivity contribution in [3.05, 3.63) is 53.7 Å². The standard InChI is InChI=1S/C16H23N3O/c1-13(2)18-10-15-6-9-20-16(15)12-19(3)11-14-4-7-17-8-5-14/h4-9,13,18H,10-12H2,1-3H3. The maximum absolute atomic E-state index is 5.61. The van der Waals surface area contributed by atoms with Crippen molar-refractivity contribution < 1.29 is 4.42 Å². The van der Waals surface area contributed by atoms with E-state index in [4.69, 9.17) is 4.42 Å². The Morgan fingerprint density at radius 3 is 2.65 bits per heavy atom. The Hall–Kier alpha value is -1.65. The molecule has 0 bridgehead atoms. The topological polar surface area (TPSA) is 41.3 Å². The molecule has 4 heteroatoms. The number of nitrogens with one attached hydrogen (secondary N) is 1. The van der Waals surface area contributed by atoms with Gasteiger partial charge in [0.05, 0.1) is 12.8 Å². The third kappa shape index (κ3) is 4.47. The molecule has 0 atom stereocenters. The van der Waals surface area contributed by atoms with E-state index in [1.807, 2.05) is 30.6 Å². The Bertz CT molecular complexity index is 507. The molecule has 0 aliphatic heterocycles. The lowest BCUT2D eigenvalue weighted by molar-refractivity contribution is 0.285. The van der Waals surface area contributed by atoms with Crippen LogP contribution in [0, 0.1) is 0 Å². The van der Waals surface area contributed by atoms with Gasteiger partial charge in [0.25, 0.3) is 0 Å². The van der Waals surface area contributed by atoms with Crippen LogP contribution in [0.5, 0.6) is 0 Å². The lowest BCUT2D eigenvalue weighted by Gasteiger charge is -2.16. The maximum atomic E-state index is 5.61. The SMILES string of the molecule is CC(C)NCc1ccoc1CN(C)Cc1ccncc1. The van der Waals surface area contributed by atoms with Gasteiger partial charge in [-0.25, -0.2) is 0 Å². The molecule has 0 aliphatic rings. The van der Waals surface area contributed by atoms with Crippen LogP contribution in [-0.4, -0.2) is 23.0 Å². The number of furan rings is 1. The van der Waals surface area contributed by atoms with Gasteiger partial charge in [-0.2, -0.15) is 0 Å². The van der Waals surface area contributed by atoms with Gasteiger partial charge in [-0.15, -0.1) is 0 Å². The van der Waals surface area contributed by atoms with Crippen LogP contribution in [0.3, 0.4) is 0 Å². The lowest BCUT2D eigenvalue weighted by atomic mass is 10.2. The van der Waals surface area contributed by atoms with Gasteiger partial charge in [-0.05, 0) is 30.8 Å². The zero-order chi connectivity index (χ0) is 14.4. The first-order chi connectivity index (χ1) is 9.65. The minimum absolute atomic E-state index is 0.479. The summed E-state index contributed by atoms with van der Waals surface area (Å²) in [6.07, 6.45) is 5.43. The van der Waals surface area contributed by atoms with E-state index in [2.05, 4.69) is 36.1 Å². The molecule has 2 aromatic rings. The minimum atomic E-state index is 0.479. The third-order valence-electron chi connectivity index (χ3n) is 3.15. The largest absolute Gasteiger partial charge is 0.468 e. The Balaban J connectivity index is 1.91. The van der Waals surface area contributed by atoms with Crippen molar-refractivity contribution in [2.45, 2.75) is 39.5 Å². The van der Waals surface area contributed by atoms with E-state index in [-0.39, 0.29) is 0 Å². The number of nitrogens with zero attached hydrogens (tertiary/aromatic N) is 2. The van der Waals surface area contributed by atoms with Crippen molar-refractivity contribution in [2.24, 2.45) is 0 Å². The smallest absolute Gasteiger partial charge is 0.122 e. The first-order valence-corrected chi connectivity index (χ1v) is 7.01. The summed E-state index contributed by atoms with van der Waals surface area (Å²) in [4.78, 5) is 6.28. The Morgan fingerprint density at radius 2 is 1.95 bits per heavy atom. The summed E-state index contributed by atoms with van der Waals surface area (Å²) in [5, 5.41) is 3.42. The summed E-state index contributed by atoms with van der Waals surface area (Å²) >= 11 is 0. The van der Waals surface area contributed by atoms with Gasteiger partial charge < -0.3 is 9.73 Å². The van der Waals surface area contributed by atoms with Crippen molar-refractivity contribution in [1.29, 1.82) is 0 Å². The van der Waals surface area contributed by atoms with Crippen molar-refractivity contribution in [2.75, 3.05) is 7.05 Å². The molecule has 4 nitrogen and oxygen atoms in total. The van der Waals surface area contributed by atoms with E-state index in [0.717, 1.165) is 25.4 Å². The number of rotatable bonds is 7. The highest BCUT2D eigenvalue weighted by Crippen LogP contribution is 2.14. The molecular formula is C16H23N3O. The second-order valence-electron chi connectivity index (χ2n) is 5.43. The average molecular weight is 273 g/mol. The van der Waals surface area contributed by atoms with Gasteiger partial charge in [-0.3, -0.25) is 9.88 Å². The van der Waals surface area contributed by atoms with Crippen LogP contribution in [0.15, 0.2) is 41.3 Å². The highest BCUT2D eigenvalue weighted by atomic mass is 16.3. The summed E-state index contributed by atoms with van der Waals surface area (Å²) in [5.41, 5.74) is 2.50. The average Bonchev–Trinajstić information content (AvgIpc) is 2.84. The predicted octanol–water partition coefficient (Wildman–Crippen LogP) is 2.80. The molecule has 0 fully saturated rings. The zero-order valence-electron chi connectivity index (χ0n) is 12.5. The van der Waals surface area contributed by atoms with E-state index in [1.54, 1.807) is 6.26 Å². The molecular weight excluding hydrogens is 250 g/mol. The number of hydrogen-bond donors (Lipinski definition) is 1. The predicted molar refractivity (Wildman–Crippen MR) is 80.1 cm³/mol. The summed E-state index contributed by atoms with van der Waals surface area (Å²) in [5.74, 6) is 1.04. The van der Waals surface area contributed by atoms with Gasteiger partial charge in [0.15, 0.2) is 0 Å². The van der Waals surface area contributed by atoms with Gasteiger partial charge in [-0.1, -0.05) is 13.8 Å². The second kappa shape index (κ2) is 7.22. The second-order valence-corrected chi connectivity index (χ2v) is 5.43. The van der Waals surface area contributed by atoms with Gasteiger partial charge in [0, 0.05) is 37.1 Å². The molecule has 1 N–H and O–H groups in total. The molecule has 0 aromatic carbocycles. The summed E-state index contributed by atoms with van der Waals surface area (Å²) < 4.78 is 5.61.